The SMILES string of the molecule is Cc1ccc(C(N)=O)c(OCC(=O)O[C@@H]2C[C@H](C)CC[C@@H]2C(C)C)c1. The van der Waals surface area contributed by atoms with Gasteiger partial charge in [-0.3, -0.25) is 4.79 Å². The highest BCUT2D eigenvalue weighted by Crippen LogP contribution is 2.35. The van der Waals surface area contributed by atoms with Gasteiger partial charge >= 0.3 is 5.97 Å². The first-order chi connectivity index (χ1) is 11.8. The first kappa shape index (κ1) is 19.3. The smallest absolute Gasteiger partial charge is 0.344 e. The maximum atomic E-state index is 12.3. The van der Waals surface area contributed by atoms with Crippen LogP contribution >= 0.6 is 0 Å². The fourth-order valence-corrected chi connectivity index (χ4v) is 3.54. The third-order valence-corrected chi connectivity index (χ3v) is 4.99. The Balaban J connectivity index is 1.98. The van der Waals surface area contributed by atoms with Gasteiger partial charge in [0.1, 0.15) is 11.9 Å². The van der Waals surface area contributed by atoms with Crippen LogP contribution in [0, 0.1) is 24.7 Å². The van der Waals surface area contributed by atoms with Gasteiger partial charge in [0.25, 0.3) is 5.91 Å². The number of primary amides is 1. The topological polar surface area (TPSA) is 78.6 Å². The Labute approximate surface area is 149 Å². The molecule has 1 aliphatic rings. The van der Waals surface area contributed by atoms with Gasteiger partial charge in [-0.1, -0.05) is 33.3 Å². The van der Waals surface area contributed by atoms with Crippen LogP contribution in [0.3, 0.4) is 0 Å². The fourth-order valence-electron chi connectivity index (χ4n) is 3.54. The highest BCUT2D eigenvalue weighted by atomic mass is 16.6. The summed E-state index contributed by atoms with van der Waals surface area (Å²) in [5.41, 5.74) is 6.55. The third-order valence-electron chi connectivity index (χ3n) is 4.99. The fraction of sp³-hybridized carbons (Fsp3) is 0.600. The Hall–Kier alpha value is -2.04. The number of amides is 1. The second kappa shape index (κ2) is 8.37. The number of carbonyl (C=O) groups excluding carboxylic acids is 2. The lowest BCUT2D eigenvalue weighted by molar-refractivity contribution is -0.158. The molecule has 0 aliphatic heterocycles. The maximum Gasteiger partial charge on any atom is 0.344 e. The number of ether oxygens (including phenoxy) is 2. The molecule has 1 fully saturated rings. The minimum absolute atomic E-state index is 0.0621. The van der Waals surface area contributed by atoms with Gasteiger partial charge in [0.15, 0.2) is 6.61 Å². The van der Waals surface area contributed by atoms with Crippen LogP contribution in [0.1, 0.15) is 56.0 Å². The van der Waals surface area contributed by atoms with Crippen molar-refractivity contribution in [2.45, 2.75) is 53.1 Å². The molecule has 25 heavy (non-hydrogen) atoms. The number of hydrogen-bond donors (Lipinski definition) is 1. The average Bonchev–Trinajstić information content (AvgIpc) is 2.52. The van der Waals surface area contributed by atoms with E-state index in [1.165, 1.54) is 6.42 Å². The van der Waals surface area contributed by atoms with Crippen LogP contribution in [0.5, 0.6) is 5.75 Å². The largest absolute Gasteiger partial charge is 0.481 e. The van der Waals surface area contributed by atoms with E-state index >= 15 is 0 Å². The minimum atomic E-state index is -0.579. The Morgan fingerprint density at radius 2 is 2.00 bits per heavy atom. The molecule has 3 atom stereocenters. The molecule has 1 aromatic rings. The van der Waals surface area contributed by atoms with Crippen LogP contribution < -0.4 is 10.5 Å². The van der Waals surface area contributed by atoms with Crippen molar-refractivity contribution in [3.05, 3.63) is 29.3 Å². The second-order valence-corrected chi connectivity index (χ2v) is 7.51. The normalized spacial score (nSPS) is 23.3. The van der Waals surface area contributed by atoms with Crippen molar-refractivity contribution in [2.75, 3.05) is 6.61 Å². The zero-order chi connectivity index (χ0) is 18.6. The Bertz CT molecular complexity index is 626. The van der Waals surface area contributed by atoms with Crippen LogP contribution in [-0.4, -0.2) is 24.6 Å². The van der Waals surface area contributed by atoms with E-state index in [1.54, 1.807) is 18.2 Å². The van der Waals surface area contributed by atoms with Crippen molar-refractivity contribution >= 4 is 11.9 Å². The van der Waals surface area contributed by atoms with E-state index in [0.717, 1.165) is 18.4 Å². The molecule has 0 radical (unpaired) electrons. The molecule has 5 heteroatoms. The standard InChI is InChI=1S/C20H29NO4/c1-12(2)15-7-5-14(4)10-18(15)25-19(22)11-24-17-9-13(3)6-8-16(17)20(21)23/h6,8-9,12,14-15,18H,5,7,10-11H2,1-4H3,(H2,21,23)/t14-,15-,18-/m1/s1. The van der Waals surface area contributed by atoms with Gasteiger partial charge < -0.3 is 15.2 Å². The zero-order valence-corrected chi connectivity index (χ0v) is 15.6. The summed E-state index contributed by atoms with van der Waals surface area (Å²) in [7, 11) is 0. The summed E-state index contributed by atoms with van der Waals surface area (Å²) in [5.74, 6) is 0.768. The zero-order valence-electron chi connectivity index (χ0n) is 15.6. The molecule has 1 aromatic carbocycles. The molecule has 0 heterocycles. The average molecular weight is 347 g/mol. The number of esters is 1. The van der Waals surface area contributed by atoms with Gasteiger partial charge in [0, 0.05) is 0 Å². The molecule has 0 spiro atoms. The van der Waals surface area contributed by atoms with E-state index in [2.05, 4.69) is 20.8 Å². The van der Waals surface area contributed by atoms with E-state index in [1.807, 2.05) is 6.92 Å². The summed E-state index contributed by atoms with van der Waals surface area (Å²) in [6, 6.07) is 5.09. The maximum absolute atomic E-state index is 12.3. The molecule has 0 aromatic heterocycles. The lowest BCUT2D eigenvalue weighted by atomic mass is 9.75. The number of hydrogen-bond acceptors (Lipinski definition) is 4. The highest BCUT2D eigenvalue weighted by molar-refractivity contribution is 5.95. The van der Waals surface area contributed by atoms with Gasteiger partial charge in [-0.25, -0.2) is 4.79 Å². The summed E-state index contributed by atoms with van der Waals surface area (Å²) >= 11 is 0. The minimum Gasteiger partial charge on any atom is -0.481 e. The summed E-state index contributed by atoms with van der Waals surface area (Å²) in [4.78, 5) is 23.7. The van der Waals surface area contributed by atoms with E-state index in [4.69, 9.17) is 15.2 Å². The van der Waals surface area contributed by atoms with Crippen molar-refractivity contribution in [1.29, 1.82) is 0 Å². The van der Waals surface area contributed by atoms with E-state index in [-0.39, 0.29) is 18.3 Å². The molecule has 0 saturated heterocycles. The third kappa shape index (κ3) is 5.21. The van der Waals surface area contributed by atoms with Crippen molar-refractivity contribution < 1.29 is 19.1 Å². The molecule has 1 aliphatic carbocycles. The van der Waals surface area contributed by atoms with Crippen LogP contribution in [-0.2, 0) is 9.53 Å². The van der Waals surface area contributed by atoms with Crippen molar-refractivity contribution in [3.63, 3.8) is 0 Å². The lowest BCUT2D eigenvalue weighted by Gasteiger charge is -2.36. The molecule has 138 valence electrons. The van der Waals surface area contributed by atoms with E-state index in [9.17, 15) is 9.59 Å². The first-order valence-electron chi connectivity index (χ1n) is 9.00. The van der Waals surface area contributed by atoms with Crippen LogP contribution in [0.2, 0.25) is 0 Å². The van der Waals surface area contributed by atoms with Gasteiger partial charge in [0.05, 0.1) is 5.56 Å². The number of benzene rings is 1. The summed E-state index contributed by atoms with van der Waals surface area (Å²) in [6.07, 6.45) is 3.10. The molecular formula is C20H29NO4. The van der Waals surface area contributed by atoms with Crippen molar-refractivity contribution in [2.24, 2.45) is 23.5 Å². The summed E-state index contributed by atoms with van der Waals surface area (Å²) < 4.78 is 11.2. The van der Waals surface area contributed by atoms with Gasteiger partial charge in [-0.15, -0.1) is 0 Å². The van der Waals surface area contributed by atoms with Crippen molar-refractivity contribution in [3.8, 4) is 5.75 Å². The molecule has 2 N–H and O–H groups in total. The molecule has 1 amide bonds. The molecule has 0 unspecified atom stereocenters. The van der Waals surface area contributed by atoms with Crippen LogP contribution in [0.15, 0.2) is 18.2 Å². The monoisotopic (exact) mass is 347 g/mol. The quantitative estimate of drug-likeness (QED) is 0.799. The van der Waals surface area contributed by atoms with Crippen molar-refractivity contribution in [1.82, 2.24) is 0 Å². The number of rotatable bonds is 6. The van der Waals surface area contributed by atoms with E-state index in [0.29, 0.717) is 23.5 Å². The summed E-state index contributed by atoms with van der Waals surface area (Å²) in [6.45, 7) is 8.19. The van der Waals surface area contributed by atoms with Crippen LogP contribution in [0.25, 0.3) is 0 Å². The molecule has 2 rings (SSSR count). The number of nitrogens with two attached hydrogens (primary N) is 1. The Kier molecular flexibility index (Phi) is 6.45. The summed E-state index contributed by atoms with van der Waals surface area (Å²) in [5, 5.41) is 0. The highest BCUT2D eigenvalue weighted by Gasteiger charge is 2.33. The van der Waals surface area contributed by atoms with E-state index < -0.39 is 11.9 Å². The van der Waals surface area contributed by atoms with Crippen LogP contribution in [0.4, 0.5) is 0 Å². The number of aryl methyl sites for hydroxylation is 1. The lowest BCUT2D eigenvalue weighted by Crippen LogP contribution is -2.37. The molecule has 0 bridgehead atoms. The predicted octanol–water partition coefficient (Wildman–Crippen LogP) is 3.48. The number of carbonyl (C=O) groups is 2. The van der Waals surface area contributed by atoms with Gasteiger partial charge in [-0.2, -0.15) is 0 Å². The Morgan fingerprint density at radius 3 is 2.64 bits per heavy atom. The van der Waals surface area contributed by atoms with Gasteiger partial charge in [0.2, 0.25) is 0 Å². The second-order valence-electron chi connectivity index (χ2n) is 7.51. The predicted molar refractivity (Wildman–Crippen MR) is 96.4 cm³/mol. The molecule has 1 saturated carbocycles. The first-order valence-corrected chi connectivity index (χ1v) is 9.00. The Morgan fingerprint density at radius 1 is 1.28 bits per heavy atom. The van der Waals surface area contributed by atoms with Gasteiger partial charge in [-0.05, 0) is 55.2 Å². The molecule has 5 nitrogen and oxygen atoms in total. The molecular weight excluding hydrogens is 318 g/mol.